The Labute approximate surface area is 189 Å². The van der Waals surface area contributed by atoms with Crippen LogP contribution >= 0.6 is 0 Å². The molecule has 0 radical (unpaired) electrons. The molecule has 9 nitrogen and oxygen atoms in total. The lowest BCUT2D eigenvalue weighted by atomic mass is 10.3. The number of aromatic nitrogens is 2. The zero-order chi connectivity index (χ0) is 21.6. The Kier molecular flexibility index (Phi) is 7.14. The molecular weight excluding hydrogens is 434 g/mol. The van der Waals surface area contributed by atoms with Crippen LogP contribution in [0, 0.1) is 0 Å². The number of methoxy groups -OCH3 is 1. The Morgan fingerprint density at radius 1 is 0.844 bits per heavy atom. The summed E-state index contributed by atoms with van der Waals surface area (Å²) in [6.07, 6.45) is -0.610. The fourth-order valence-corrected chi connectivity index (χ4v) is 2.82. The summed E-state index contributed by atoms with van der Waals surface area (Å²) in [4.78, 5) is 30.6. The molecule has 0 atom stereocenters. The molecule has 0 aliphatic carbocycles. The van der Waals surface area contributed by atoms with Gasteiger partial charge in [0, 0.05) is 17.4 Å². The van der Waals surface area contributed by atoms with Crippen molar-refractivity contribution in [2.45, 2.75) is 0 Å². The number of aromatic amines is 1. The van der Waals surface area contributed by atoms with Gasteiger partial charge < -0.3 is 37.5 Å². The van der Waals surface area contributed by atoms with Gasteiger partial charge in [-0.05, 0) is 48.5 Å². The van der Waals surface area contributed by atoms with Crippen molar-refractivity contribution in [3.05, 3.63) is 72.8 Å². The lowest BCUT2D eigenvalue weighted by Crippen LogP contribution is -3.00. The number of benzene rings is 3. The van der Waals surface area contributed by atoms with Crippen LogP contribution in [0.4, 0.5) is 26.9 Å². The first-order valence-electron chi connectivity index (χ1n) is 9.35. The standard InChI is InChI=1S/C22H19N5O4.ClH/c1-30-22(29)27-20-25-18-12-11-17(13-19(18)26-20)31-16-9-7-15(8-10-16)24-21(28)23-14-5-3-2-4-6-14;/h2-13H,1H3,(H2,23,24,28)(H2,25,26,27,29);1H/p-1. The maximum absolute atomic E-state index is 12.1. The fourth-order valence-electron chi connectivity index (χ4n) is 2.82. The monoisotopic (exact) mass is 452 g/mol. The molecule has 0 spiro atoms. The average Bonchev–Trinajstić information content (AvgIpc) is 3.17. The maximum atomic E-state index is 12.1. The highest BCUT2D eigenvalue weighted by Gasteiger charge is 2.08. The van der Waals surface area contributed by atoms with Crippen LogP contribution in [0.25, 0.3) is 11.0 Å². The van der Waals surface area contributed by atoms with Gasteiger partial charge in [-0.1, -0.05) is 18.2 Å². The number of amides is 3. The molecule has 4 N–H and O–H groups in total. The first-order valence-corrected chi connectivity index (χ1v) is 9.35. The van der Waals surface area contributed by atoms with Gasteiger partial charge in [-0.3, -0.25) is 5.32 Å². The molecular formula is C22H19ClN5O4-. The molecule has 164 valence electrons. The number of hydrogen-bond donors (Lipinski definition) is 4. The maximum Gasteiger partial charge on any atom is 0.413 e. The zero-order valence-corrected chi connectivity index (χ0v) is 17.6. The molecule has 32 heavy (non-hydrogen) atoms. The minimum absolute atomic E-state index is 0. The van der Waals surface area contributed by atoms with Crippen LogP contribution in [0.15, 0.2) is 72.8 Å². The lowest BCUT2D eigenvalue weighted by molar-refractivity contribution is -0.0000144. The van der Waals surface area contributed by atoms with Gasteiger partial charge in [0.1, 0.15) is 11.5 Å². The summed E-state index contributed by atoms with van der Waals surface area (Å²) in [6.45, 7) is 0. The van der Waals surface area contributed by atoms with Gasteiger partial charge in [-0.25, -0.2) is 14.6 Å². The highest BCUT2D eigenvalue weighted by atomic mass is 35.5. The number of H-pyrrole nitrogens is 1. The zero-order valence-electron chi connectivity index (χ0n) is 16.9. The molecule has 0 aliphatic heterocycles. The van der Waals surface area contributed by atoms with E-state index < -0.39 is 6.09 Å². The van der Waals surface area contributed by atoms with Crippen molar-refractivity contribution in [1.29, 1.82) is 0 Å². The third-order valence-corrected chi connectivity index (χ3v) is 4.24. The molecule has 3 amide bonds. The van der Waals surface area contributed by atoms with E-state index in [1.807, 2.05) is 30.3 Å². The van der Waals surface area contributed by atoms with Crippen molar-refractivity contribution in [2.75, 3.05) is 23.1 Å². The highest BCUT2D eigenvalue weighted by Crippen LogP contribution is 2.26. The summed E-state index contributed by atoms with van der Waals surface area (Å²) in [7, 11) is 1.28. The molecule has 0 unspecified atom stereocenters. The fraction of sp³-hybridized carbons (Fsp3) is 0.0455. The first kappa shape index (κ1) is 22.4. The number of nitrogens with zero attached hydrogens (tertiary/aromatic N) is 1. The van der Waals surface area contributed by atoms with Crippen LogP contribution in [-0.4, -0.2) is 29.2 Å². The van der Waals surface area contributed by atoms with Crippen molar-refractivity contribution >= 4 is 40.5 Å². The predicted octanol–water partition coefficient (Wildman–Crippen LogP) is 2.18. The van der Waals surface area contributed by atoms with Crippen molar-refractivity contribution in [1.82, 2.24) is 9.97 Å². The van der Waals surface area contributed by atoms with Crippen LogP contribution in [0.2, 0.25) is 0 Å². The van der Waals surface area contributed by atoms with Gasteiger partial charge in [-0.15, -0.1) is 0 Å². The molecule has 1 heterocycles. The van der Waals surface area contributed by atoms with E-state index in [-0.39, 0.29) is 24.4 Å². The number of nitrogens with one attached hydrogen (secondary N) is 4. The Hall–Kier alpha value is -4.24. The Bertz CT molecular complexity index is 1210. The number of fused-ring (bicyclic) bond motifs is 1. The summed E-state index contributed by atoms with van der Waals surface area (Å²) < 4.78 is 10.4. The van der Waals surface area contributed by atoms with Gasteiger partial charge in [0.25, 0.3) is 0 Å². The quantitative estimate of drug-likeness (QED) is 0.370. The molecule has 1 aromatic heterocycles. The van der Waals surface area contributed by atoms with Crippen LogP contribution in [0.5, 0.6) is 11.5 Å². The molecule has 4 aromatic rings. The summed E-state index contributed by atoms with van der Waals surface area (Å²) in [5, 5.41) is 8.00. The summed E-state index contributed by atoms with van der Waals surface area (Å²) in [5.74, 6) is 1.47. The number of rotatable bonds is 5. The largest absolute Gasteiger partial charge is 1.00 e. The van der Waals surface area contributed by atoms with Crippen molar-refractivity contribution in [3.63, 3.8) is 0 Å². The SMILES string of the molecule is COC(=O)Nc1nc2ccc(Oc3ccc(NC(=O)Nc4ccccc4)cc3)cc2[nH]1.[Cl-]. The average molecular weight is 453 g/mol. The van der Waals surface area contributed by atoms with Crippen molar-refractivity contribution in [2.24, 2.45) is 0 Å². The van der Waals surface area contributed by atoms with Gasteiger partial charge in [0.2, 0.25) is 5.95 Å². The number of halogens is 1. The molecule has 3 aromatic carbocycles. The molecule has 10 heteroatoms. The third kappa shape index (κ3) is 5.67. The van der Waals surface area contributed by atoms with Gasteiger partial charge in [-0.2, -0.15) is 0 Å². The van der Waals surface area contributed by atoms with E-state index >= 15 is 0 Å². The second-order valence-corrected chi connectivity index (χ2v) is 6.45. The van der Waals surface area contributed by atoms with Crippen LogP contribution < -0.4 is 33.1 Å². The normalized spacial score (nSPS) is 10.0. The number of para-hydroxylation sites is 1. The molecule has 0 aliphatic rings. The van der Waals surface area contributed by atoms with E-state index in [2.05, 4.69) is 30.7 Å². The Morgan fingerprint density at radius 3 is 2.19 bits per heavy atom. The Morgan fingerprint density at radius 2 is 1.50 bits per heavy atom. The summed E-state index contributed by atoms with van der Waals surface area (Å²) in [5.41, 5.74) is 2.70. The minimum atomic E-state index is -0.610. The van der Waals surface area contributed by atoms with E-state index in [0.29, 0.717) is 33.9 Å². The van der Waals surface area contributed by atoms with Gasteiger partial charge in [0.15, 0.2) is 0 Å². The number of imidazole rings is 1. The number of urea groups is 1. The molecule has 4 rings (SSSR count). The second-order valence-electron chi connectivity index (χ2n) is 6.45. The molecule has 0 fully saturated rings. The number of carbonyl (C=O) groups excluding carboxylic acids is 2. The summed E-state index contributed by atoms with van der Waals surface area (Å²) >= 11 is 0. The molecule has 0 saturated heterocycles. The Balaban J connectivity index is 0.00000289. The van der Waals surface area contributed by atoms with Crippen LogP contribution in [0.1, 0.15) is 0 Å². The van der Waals surface area contributed by atoms with Gasteiger partial charge >= 0.3 is 12.1 Å². The predicted molar refractivity (Wildman–Crippen MR) is 118 cm³/mol. The van der Waals surface area contributed by atoms with E-state index in [4.69, 9.17) is 4.74 Å². The van der Waals surface area contributed by atoms with E-state index in [1.54, 1.807) is 42.5 Å². The molecule has 0 bridgehead atoms. The van der Waals surface area contributed by atoms with Crippen LogP contribution in [-0.2, 0) is 4.74 Å². The lowest BCUT2D eigenvalue weighted by Gasteiger charge is -2.09. The first-order chi connectivity index (χ1) is 15.1. The number of anilines is 3. The number of ether oxygens (including phenoxy) is 2. The minimum Gasteiger partial charge on any atom is -1.00 e. The second kappa shape index (κ2) is 10.2. The van der Waals surface area contributed by atoms with E-state index in [9.17, 15) is 9.59 Å². The highest BCUT2D eigenvalue weighted by molar-refractivity contribution is 5.99. The number of carbonyl (C=O) groups is 2. The smallest absolute Gasteiger partial charge is 0.413 e. The van der Waals surface area contributed by atoms with E-state index in [1.165, 1.54) is 7.11 Å². The summed E-state index contributed by atoms with van der Waals surface area (Å²) in [6, 6.07) is 21.1. The number of hydrogen-bond acceptors (Lipinski definition) is 5. The topological polar surface area (TPSA) is 117 Å². The molecule has 0 saturated carbocycles. The van der Waals surface area contributed by atoms with Crippen LogP contribution in [0.3, 0.4) is 0 Å². The van der Waals surface area contributed by atoms with Crippen molar-refractivity contribution < 1.29 is 31.5 Å². The van der Waals surface area contributed by atoms with E-state index in [0.717, 1.165) is 0 Å². The third-order valence-electron chi connectivity index (χ3n) is 4.24. The van der Waals surface area contributed by atoms with Crippen molar-refractivity contribution in [3.8, 4) is 11.5 Å². The van der Waals surface area contributed by atoms with Gasteiger partial charge in [0.05, 0.1) is 18.1 Å².